The van der Waals surface area contributed by atoms with Crippen molar-refractivity contribution < 1.29 is 14.3 Å². The van der Waals surface area contributed by atoms with E-state index in [2.05, 4.69) is 32.1 Å². The van der Waals surface area contributed by atoms with Crippen molar-refractivity contribution in [3.63, 3.8) is 0 Å². The second-order valence-corrected chi connectivity index (χ2v) is 7.91. The summed E-state index contributed by atoms with van der Waals surface area (Å²) in [5, 5.41) is 6.38. The van der Waals surface area contributed by atoms with E-state index in [0.717, 1.165) is 20.1 Å². The van der Waals surface area contributed by atoms with Crippen LogP contribution in [0, 0.1) is 0 Å². The van der Waals surface area contributed by atoms with E-state index in [1.807, 2.05) is 47.8 Å². The molecular formula is C20H16BrN3O3S2. The number of thiophene rings is 1. The molecule has 6 nitrogen and oxygen atoms in total. The highest BCUT2D eigenvalue weighted by atomic mass is 79.9. The van der Waals surface area contributed by atoms with Crippen molar-refractivity contribution in [1.82, 2.24) is 16.2 Å². The number of thiocarbonyl (C=S) groups is 1. The Morgan fingerprint density at radius 1 is 1.10 bits per heavy atom. The van der Waals surface area contributed by atoms with Gasteiger partial charge < -0.3 is 4.74 Å². The van der Waals surface area contributed by atoms with Gasteiger partial charge in [-0.25, -0.2) is 0 Å². The normalized spacial score (nSPS) is 10.7. The van der Waals surface area contributed by atoms with Crippen molar-refractivity contribution in [2.75, 3.05) is 6.61 Å². The van der Waals surface area contributed by atoms with Crippen LogP contribution in [0.4, 0.5) is 0 Å². The number of benzene rings is 2. The van der Waals surface area contributed by atoms with E-state index in [1.165, 1.54) is 17.4 Å². The molecule has 29 heavy (non-hydrogen) atoms. The van der Waals surface area contributed by atoms with Crippen molar-refractivity contribution in [3.8, 4) is 5.75 Å². The maximum absolute atomic E-state index is 12.0. The van der Waals surface area contributed by atoms with E-state index in [4.69, 9.17) is 17.0 Å². The van der Waals surface area contributed by atoms with Gasteiger partial charge in [0.05, 0.1) is 4.47 Å². The molecule has 1 heterocycles. The number of fused-ring (bicyclic) bond motifs is 1. The number of carbonyl (C=O) groups is 2. The maximum atomic E-state index is 12.0. The second kappa shape index (κ2) is 10.1. The van der Waals surface area contributed by atoms with Gasteiger partial charge in [-0.1, -0.05) is 36.4 Å². The Labute approximate surface area is 185 Å². The summed E-state index contributed by atoms with van der Waals surface area (Å²) in [5.41, 5.74) is 4.84. The summed E-state index contributed by atoms with van der Waals surface area (Å²) in [5.74, 6) is -0.300. The Morgan fingerprint density at radius 2 is 1.93 bits per heavy atom. The van der Waals surface area contributed by atoms with Gasteiger partial charge in [0, 0.05) is 11.0 Å². The highest BCUT2D eigenvalue weighted by molar-refractivity contribution is 9.10. The number of amides is 2. The van der Waals surface area contributed by atoms with Gasteiger partial charge in [0.15, 0.2) is 11.7 Å². The molecule has 9 heteroatoms. The van der Waals surface area contributed by atoms with Crippen molar-refractivity contribution in [2.24, 2.45) is 0 Å². The molecule has 0 spiro atoms. The Morgan fingerprint density at radius 3 is 2.72 bits per heavy atom. The monoisotopic (exact) mass is 489 g/mol. The lowest BCUT2D eigenvalue weighted by molar-refractivity contribution is -0.123. The van der Waals surface area contributed by atoms with Crippen molar-refractivity contribution in [3.05, 3.63) is 69.3 Å². The predicted molar refractivity (Wildman–Crippen MR) is 123 cm³/mol. The van der Waals surface area contributed by atoms with Gasteiger partial charge in [-0.2, -0.15) is 0 Å². The SMILES string of the molecule is O=C(C=Cc1cccs1)NC(=S)NNC(=O)COc1ccc2ccccc2c1Br. The fourth-order valence-electron chi connectivity index (χ4n) is 2.36. The van der Waals surface area contributed by atoms with E-state index in [1.54, 1.807) is 12.1 Å². The molecule has 3 rings (SSSR count). The van der Waals surface area contributed by atoms with E-state index in [-0.39, 0.29) is 11.7 Å². The first-order valence-electron chi connectivity index (χ1n) is 8.44. The summed E-state index contributed by atoms with van der Waals surface area (Å²) in [6.07, 6.45) is 3.04. The summed E-state index contributed by atoms with van der Waals surface area (Å²) in [6.45, 7) is -0.223. The smallest absolute Gasteiger partial charge is 0.276 e. The fraction of sp³-hybridized carbons (Fsp3) is 0.0500. The van der Waals surface area contributed by atoms with Crippen LogP contribution >= 0.6 is 39.5 Å². The summed E-state index contributed by atoms with van der Waals surface area (Å²) >= 11 is 9.99. The first kappa shape index (κ1) is 21.0. The molecule has 2 amide bonds. The van der Waals surface area contributed by atoms with Crippen LogP contribution in [0.1, 0.15) is 4.88 Å². The average molecular weight is 490 g/mol. The highest BCUT2D eigenvalue weighted by Crippen LogP contribution is 2.32. The summed E-state index contributed by atoms with van der Waals surface area (Å²) in [7, 11) is 0. The number of nitrogens with one attached hydrogen (secondary N) is 3. The van der Waals surface area contributed by atoms with Crippen molar-refractivity contribution in [1.29, 1.82) is 0 Å². The fourth-order valence-corrected chi connectivity index (χ4v) is 3.74. The van der Waals surface area contributed by atoms with Crippen molar-refractivity contribution in [2.45, 2.75) is 0 Å². The molecule has 2 aromatic carbocycles. The van der Waals surface area contributed by atoms with Gasteiger partial charge in [0.2, 0.25) is 5.91 Å². The van der Waals surface area contributed by atoms with Crippen molar-refractivity contribution >= 4 is 73.3 Å². The minimum atomic E-state index is -0.448. The van der Waals surface area contributed by atoms with Crippen LogP contribution in [0.25, 0.3) is 16.8 Å². The first-order valence-corrected chi connectivity index (χ1v) is 10.5. The third kappa shape index (κ3) is 6.11. The second-order valence-electron chi connectivity index (χ2n) is 5.73. The number of hydrogen-bond donors (Lipinski definition) is 3. The van der Waals surface area contributed by atoms with Crippen LogP contribution in [0.2, 0.25) is 0 Å². The molecular weight excluding hydrogens is 474 g/mol. The van der Waals surface area contributed by atoms with Gasteiger partial charge in [0.25, 0.3) is 5.91 Å². The lowest BCUT2D eigenvalue weighted by Gasteiger charge is -2.12. The van der Waals surface area contributed by atoms with Crippen LogP contribution in [-0.4, -0.2) is 23.5 Å². The molecule has 3 aromatic rings. The molecule has 0 aliphatic heterocycles. The number of ether oxygens (including phenoxy) is 1. The third-order valence-electron chi connectivity index (χ3n) is 3.68. The molecule has 0 atom stereocenters. The summed E-state index contributed by atoms with van der Waals surface area (Å²) in [4.78, 5) is 24.7. The minimum Gasteiger partial charge on any atom is -0.483 e. The minimum absolute atomic E-state index is 0.0222. The summed E-state index contributed by atoms with van der Waals surface area (Å²) in [6, 6.07) is 15.3. The molecule has 0 saturated carbocycles. The van der Waals surface area contributed by atoms with Gasteiger partial charge in [0.1, 0.15) is 5.75 Å². The van der Waals surface area contributed by atoms with E-state index in [0.29, 0.717) is 5.75 Å². The standard InChI is InChI=1S/C20H16BrN3O3S2/c21-19-15-6-2-1-4-13(15)7-9-16(19)27-12-18(26)23-24-20(28)22-17(25)10-8-14-5-3-11-29-14/h1-11H,12H2,(H,23,26)(H2,22,24,25,28). The van der Waals surface area contributed by atoms with Crippen LogP contribution in [-0.2, 0) is 9.59 Å². The van der Waals surface area contributed by atoms with E-state index >= 15 is 0 Å². The quantitative estimate of drug-likeness (QED) is 0.288. The van der Waals surface area contributed by atoms with Crippen LogP contribution in [0.3, 0.4) is 0 Å². The van der Waals surface area contributed by atoms with Crippen LogP contribution in [0.5, 0.6) is 5.75 Å². The number of carbonyl (C=O) groups excluding carboxylic acids is 2. The molecule has 3 N–H and O–H groups in total. The van der Waals surface area contributed by atoms with E-state index in [9.17, 15) is 9.59 Å². The third-order valence-corrected chi connectivity index (χ3v) is 5.54. The van der Waals surface area contributed by atoms with Crippen LogP contribution in [0.15, 0.2) is 64.5 Å². The average Bonchev–Trinajstić information content (AvgIpc) is 3.24. The topological polar surface area (TPSA) is 79.5 Å². The molecule has 1 aromatic heterocycles. The molecule has 0 saturated heterocycles. The maximum Gasteiger partial charge on any atom is 0.276 e. The lowest BCUT2D eigenvalue weighted by atomic mass is 10.1. The molecule has 0 radical (unpaired) electrons. The van der Waals surface area contributed by atoms with E-state index < -0.39 is 11.8 Å². The molecule has 0 bridgehead atoms. The lowest BCUT2D eigenvalue weighted by Crippen LogP contribution is -2.49. The molecule has 0 fully saturated rings. The molecule has 0 aliphatic rings. The zero-order chi connectivity index (χ0) is 20.6. The Bertz CT molecular complexity index is 1070. The summed E-state index contributed by atoms with van der Waals surface area (Å²) < 4.78 is 6.34. The van der Waals surface area contributed by atoms with Gasteiger partial charge in [-0.05, 0) is 62.5 Å². The molecule has 148 valence electrons. The largest absolute Gasteiger partial charge is 0.483 e. The molecule has 0 aliphatic carbocycles. The highest BCUT2D eigenvalue weighted by Gasteiger charge is 2.09. The Hall–Kier alpha value is -2.75. The number of hydrazine groups is 1. The zero-order valence-corrected chi connectivity index (χ0v) is 18.2. The number of rotatable bonds is 5. The number of halogens is 1. The van der Waals surface area contributed by atoms with Gasteiger partial charge in [-0.15, -0.1) is 11.3 Å². The predicted octanol–water partition coefficient (Wildman–Crippen LogP) is 3.78. The Kier molecular flexibility index (Phi) is 7.34. The first-order chi connectivity index (χ1) is 14.0. The Balaban J connectivity index is 1.43. The van der Waals surface area contributed by atoms with Gasteiger partial charge >= 0.3 is 0 Å². The molecule has 0 unspecified atom stereocenters. The zero-order valence-electron chi connectivity index (χ0n) is 15.0. The van der Waals surface area contributed by atoms with Gasteiger partial charge in [-0.3, -0.25) is 25.8 Å². The number of hydrogen-bond acceptors (Lipinski definition) is 5. The van der Waals surface area contributed by atoms with Crippen LogP contribution < -0.4 is 20.9 Å².